The van der Waals surface area contributed by atoms with Crippen molar-refractivity contribution in [2.24, 2.45) is 11.8 Å². The molecule has 2 N–H and O–H groups in total. The molecule has 16 heavy (non-hydrogen) atoms. The van der Waals surface area contributed by atoms with Gasteiger partial charge in [0.15, 0.2) is 0 Å². The SMILES string of the molecule is CCNC(CCO)CN1CC2CCCC2C1. The molecule has 3 unspecified atom stereocenters. The highest BCUT2D eigenvalue weighted by Crippen LogP contribution is 2.37. The Labute approximate surface area is 99.2 Å². The molecule has 1 saturated carbocycles. The number of nitrogens with zero attached hydrogens (tertiary/aromatic N) is 1. The van der Waals surface area contributed by atoms with Gasteiger partial charge in [0.25, 0.3) is 0 Å². The van der Waals surface area contributed by atoms with Crippen molar-refractivity contribution < 1.29 is 5.11 Å². The highest BCUT2D eigenvalue weighted by Gasteiger charge is 2.36. The fourth-order valence-corrected chi connectivity index (χ4v) is 3.50. The minimum Gasteiger partial charge on any atom is -0.396 e. The molecule has 0 aromatic carbocycles. The van der Waals surface area contributed by atoms with E-state index in [0.29, 0.717) is 12.6 Å². The molecule has 0 radical (unpaired) electrons. The van der Waals surface area contributed by atoms with E-state index in [1.807, 2.05) is 0 Å². The molecule has 2 fully saturated rings. The van der Waals surface area contributed by atoms with Crippen LogP contribution in [0.3, 0.4) is 0 Å². The van der Waals surface area contributed by atoms with Crippen LogP contribution in [-0.4, -0.2) is 48.8 Å². The van der Waals surface area contributed by atoms with Gasteiger partial charge < -0.3 is 15.3 Å². The lowest BCUT2D eigenvalue weighted by molar-refractivity contribution is 0.223. The minimum atomic E-state index is 0.304. The third-order valence-corrected chi connectivity index (χ3v) is 4.25. The zero-order valence-corrected chi connectivity index (χ0v) is 10.5. The van der Waals surface area contributed by atoms with Gasteiger partial charge >= 0.3 is 0 Å². The predicted octanol–water partition coefficient (Wildman–Crippen LogP) is 1.08. The molecule has 94 valence electrons. The van der Waals surface area contributed by atoms with Crippen molar-refractivity contribution in [2.75, 3.05) is 32.8 Å². The number of aliphatic hydroxyl groups is 1. The van der Waals surface area contributed by atoms with Gasteiger partial charge in [0.2, 0.25) is 0 Å². The summed E-state index contributed by atoms with van der Waals surface area (Å²) < 4.78 is 0. The van der Waals surface area contributed by atoms with Gasteiger partial charge in [-0.2, -0.15) is 0 Å². The van der Waals surface area contributed by atoms with Crippen LogP contribution >= 0.6 is 0 Å². The van der Waals surface area contributed by atoms with Gasteiger partial charge in [-0.3, -0.25) is 0 Å². The molecule has 0 spiro atoms. The Hall–Kier alpha value is -0.120. The molecule has 3 nitrogen and oxygen atoms in total. The van der Waals surface area contributed by atoms with Crippen molar-refractivity contribution in [3.8, 4) is 0 Å². The molecule has 2 aliphatic rings. The standard InChI is InChI=1S/C13H26N2O/c1-2-14-13(6-7-16)10-15-8-11-4-3-5-12(11)9-15/h11-14,16H,2-10H2,1H3. The molecule has 3 atom stereocenters. The zero-order valence-electron chi connectivity index (χ0n) is 10.5. The summed E-state index contributed by atoms with van der Waals surface area (Å²) in [4.78, 5) is 2.61. The Kier molecular flexibility index (Phi) is 4.62. The first kappa shape index (κ1) is 12.3. The molecular weight excluding hydrogens is 200 g/mol. The van der Waals surface area contributed by atoms with Crippen molar-refractivity contribution in [1.82, 2.24) is 10.2 Å². The van der Waals surface area contributed by atoms with Crippen LogP contribution in [0.15, 0.2) is 0 Å². The molecule has 0 bridgehead atoms. The van der Waals surface area contributed by atoms with Crippen molar-refractivity contribution in [1.29, 1.82) is 0 Å². The summed E-state index contributed by atoms with van der Waals surface area (Å²) in [6.45, 7) is 7.18. The van der Waals surface area contributed by atoms with Crippen LogP contribution in [0.2, 0.25) is 0 Å². The Bertz CT molecular complexity index is 192. The molecule has 1 aliphatic carbocycles. The number of rotatable bonds is 6. The molecule has 3 heteroatoms. The third kappa shape index (κ3) is 2.96. The van der Waals surface area contributed by atoms with E-state index in [1.54, 1.807) is 0 Å². The van der Waals surface area contributed by atoms with E-state index in [-0.39, 0.29) is 0 Å². The predicted molar refractivity (Wildman–Crippen MR) is 66.4 cm³/mol. The largest absolute Gasteiger partial charge is 0.396 e. The highest BCUT2D eigenvalue weighted by atomic mass is 16.3. The molecule has 2 rings (SSSR count). The number of hydrogen-bond acceptors (Lipinski definition) is 3. The first-order chi connectivity index (χ1) is 7.83. The average Bonchev–Trinajstić information content (AvgIpc) is 2.78. The van der Waals surface area contributed by atoms with Gasteiger partial charge in [-0.1, -0.05) is 13.3 Å². The van der Waals surface area contributed by atoms with Crippen LogP contribution in [0.1, 0.15) is 32.6 Å². The first-order valence-corrected chi connectivity index (χ1v) is 6.90. The summed E-state index contributed by atoms with van der Waals surface area (Å²) in [5, 5.41) is 12.5. The van der Waals surface area contributed by atoms with E-state index in [0.717, 1.165) is 31.3 Å². The van der Waals surface area contributed by atoms with Gasteiger partial charge in [-0.25, -0.2) is 0 Å². The maximum Gasteiger partial charge on any atom is 0.0446 e. The number of hydrogen-bond donors (Lipinski definition) is 2. The second-order valence-corrected chi connectivity index (χ2v) is 5.44. The van der Waals surface area contributed by atoms with Crippen molar-refractivity contribution in [3.63, 3.8) is 0 Å². The number of likely N-dealkylation sites (tertiary alicyclic amines) is 1. The van der Waals surface area contributed by atoms with Crippen LogP contribution in [0.4, 0.5) is 0 Å². The Morgan fingerprint density at radius 1 is 1.31 bits per heavy atom. The summed E-state index contributed by atoms with van der Waals surface area (Å²) in [5.74, 6) is 1.97. The van der Waals surface area contributed by atoms with Gasteiger partial charge in [-0.05, 0) is 37.6 Å². The summed E-state index contributed by atoms with van der Waals surface area (Å²) in [6.07, 6.45) is 5.25. The van der Waals surface area contributed by atoms with Crippen LogP contribution in [0, 0.1) is 11.8 Å². The highest BCUT2D eigenvalue weighted by molar-refractivity contribution is 4.89. The van der Waals surface area contributed by atoms with Crippen LogP contribution in [-0.2, 0) is 0 Å². The Morgan fingerprint density at radius 3 is 2.56 bits per heavy atom. The lowest BCUT2D eigenvalue weighted by atomic mass is 10.0. The maximum atomic E-state index is 9.04. The Morgan fingerprint density at radius 2 is 2.00 bits per heavy atom. The van der Waals surface area contributed by atoms with Gasteiger partial charge in [0, 0.05) is 32.3 Å². The quantitative estimate of drug-likeness (QED) is 0.711. The lowest BCUT2D eigenvalue weighted by Crippen LogP contribution is -2.41. The first-order valence-electron chi connectivity index (χ1n) is 6.90. The van der Waals surface area contributed by atoms with Crippen molar-refractivity contribution in [2.45, 2.75) is 38.6 Å². The van der Waals surface area contributed by atoms with Gasteiger partial charge in [-0.15, -0.1) is 0 Å². The second kappa shape index (κ2) is 5.99. The van der Waals surface area contributed by atoms with E-state index in [9.17, 15) is 0 Å². The van der Waals surface area contributed by atoms with E-state index in [2.05, 4.69) is 17.1 Å². The number of aliphatic hydroxyl groups excluding tert-OH is 1. The monoisotopic (exact) mass is 226 g/mol. The molecule has 1 saturated heterocycles. The smallest absolute Gasteiger partial charge is 0.0446 e. The summed E-state index contributed by atoms with van der Waals surface area (Å²) >= 11 is 0. The molecule has 0 amide bonds. The topological polar surface area (TPSA) is 35.5 Å². The molecule has 0 aromatic heterocycles. The van der Waals surface area contributed by atoms with Gasteiger partial charge in [0.05, 0.1) is 0 Å². The summed E-state index contributed by atoms with van der Waals surface area (Å²) in [6, 6.07) is 0.480. The normalized spacial score (nSPS) is 31.9. The van der Waals surface area contributed by atoms with Gasteiger partial charge in [0.1, 0.15) is 0 Å². The molecule has 1 aliphatic heterocycles. The minimum absolute atomic E-state index is 0.304. The summed E-state index contributed by atoms with van der Waals surface area (Å²) in [7, 11) is 0. The zero-order chi connectivity index (χ0) is 11.4. The fraction of sp³-hybridized carbons (Fsp3) is 1.00. The van der Waals surface area contributed by atoms with Crippen molar-refractivity contribution >= 4 is 0 Å². The molecular formula is C13H26N2O. The van der Waals surface area contributed by atoms with E-state index < -0.39 is 0 Å². The number of fused-ring (bicyclic) bond motifs is 1. The van der Waals surface area contributed by atoms with Crippen LogP contribution in [0.5, 0.6) is 0 Å². The van der Waals surface area contributed by atoms with Crippen LogP contribution in [0.25, 0.3) is 0 Å². The average molecular weight is 226 g/mol. The number of nitrogens with one attached hydrogen (secondary N) is 1. The second-order valence-electron chi connectivity index (χ2n) is 5.44. The van der Waals surface area contributed by atoms with E-state index in [4.69, 9.17) is 5.11 Å². The number of likely N-dealkylation sites (N-methyl/N-ethyl adjacent to an activating group) is 1. The molecule has 0 aromatic rings. The summed E-state index contributed by atoms with van der Waals surface area (Å²) in [5.41, 5.74) is 0. The Balaban J connectivity index is 1.75. The maximum absolute atomic E-state index is 9.04. The van der Waals surface area contributed by atoms with E-state index in [1.165, 1.54) is 32.4 Å². The van der Waals surface area contributed by atoms with E-state index >= 15 is 0 Å². The molecule has 1 heterocycles. The van der Waals surface area contributed by atoms with Crippen molar-refractivity contribution in [3.05, 3.63) is 0 Å². The third-order valence-electron chi connectivity index (χ3n) is 4.25. The fourth-order valence-electron chi connectivity index (χ4n) is 3.50. The van der Waals surface area contributed by atoms with Crippen LogP contribution < -0.4 is 5.32 Å². The lowest BCUT2D eigenvalue weighted by Gasteiger charge is -2.24.